The molecule has 17 heavy (non-hydrogen) atoms. The molecule has 0 bridgehead atoms. The summed E-state index contributed by atoms with van der Waals surface area (Å²) in [7, 11) is 0. The minimum atomic E-state index is 0.629. The molecule has 2 aromatic rings. The summed E-state index contributed by atoms with van der Waals surface area (Å²) in [6.45, 7) is 0.764. The van der Waals surface area contributed by atoms with Crippen LogP contribution in [-0.4, -0.2) is 19.7 Å². The molecule has 2 heterocycles. The summed E-state index contributed by atoms with van der Waals surface area (Å²) in [5, 5.41) is 10.1. The van der Waals surface area contributed by atoms with Gasteiger partial charge in [-0.25, -0.2) is 4.98 Å². The fourth-order valence-corrected chi connectivity index (χ4v) is 2.48. The van der Waals surface area contributed by atoms with Gasteiger partial charge >= 0.3 is 0 Å². The lowest BCUT2D eigenvalue weighted by atomic mass is 10.2. The van der Waals surface area contributed by atoms with Crippen LogP contribution in [0.2, 0.25) is 0 Å². The van der Waals surface area contributed by atoms with Crippen molar-refractivity contribution in [1.29, 1.82) is 0 Å². The molecule has 0 amide bonds. The van der Waals surface area contributed by atoms with Crippen LogP contribution in [0.15, 0.2) is 24.8 Å². The monoisotopic (exact) mass is 231 g/mol. The maximum Gasteiger partial charge on any atom is 0.203 e. The van der Waals surface area contributed by atoms with E-state index in [1.807, 2.05) is 18.6 Å². The van der Waals surface area contributed by atoms with Crippen molar-refractivity contribution >= 4 is 5.95 Å². The molecule has 1 fully saturated rings. The van der Waals surface area contributed by atoms with Crippen LogP contribution in [0, 0.1) is 0 Å². The van der Waals surface area contributed by atoms with Gasteiger partial charge in [-0.2, -0.15) is 5.10 Å². The number of rotatable bonds is 4. The maximum absolute atomic E-state index is 4.38. The largest absolute Gasteiger partial charge is 0.351 e. The van der Waals surface area contributed by atoms with E-state index < -0.39 is 0 Å². The van der Waals surface area contributed by atoms with E-state index in [-0.39, 0.29) is 0 Å². The molecule has 1 saturated carbocycles. The Morgan fingerprint density at radius 1 is 1.41 bits per heavy atom. The Labute approximate surface area is 100 Å². The highest BCUT2D eigenvalue weighted by molar-refractivity contribution is 5.28. The van der Waals surface area contributed by atoms with Gasteiger partial charge in [0, 0.05) is 36.7 Å². The van der Waals surface area contributed by atoms with Gasteiger partial charge in [0.2, 0.25) is 5.95 Å². The van der Waals surface area contributed by atoms with Crippen molar-refractivity contribution in [3.8, 4) is 0 Å². The smallest absolute Gasteiger partial charge is 0.203 e. The zero-order chi connectivity index (χ0) is 11.5. The zero-order valence-electron chi connectivity index (χ0n) is 9.76. The van der Waals surface area contributed by atoms with E-state index in [0.29, 0.717) is 6.04 Å². The predicted octanol–water partition coefficient (Wildman–Crippen LogP) is 2.33. The van der Waals surface area contributed by atoms with Crippen molar-refractivity contribution in [1.82, 2.24) is 19.7 Å². The average Bonchev–Trinajstić information content (AvgIpc) is 3.09. The summed E-state index contributed by atoms with van der Waals surface area (Å²) in [5.74, 6) is 0.970. The third-order valence-electron chi connectivity index (χ3n) is 3.39. The number of aromatic amines is 1. The van der Waals surface area contributed by atoms with Gasteiger partial charge in [0.1, 0.15) is 0 Å². The Morgan fingerprint density at radius 3 is 3.06 bits per heavy atom. The standard InChI is InChI=1S/C12H17N5/c1-2-4-11(3-1)17-6-5-13-12(17)14-7-10-8-15-16-9-10/h5-6,8-9,11H,1-4,7H2,(H,13,14)(H,15,16). The molecule has 0 unspecified atom stereocenters. The van der Waals surface area contributed by atoms with Crippen LogP contribution in [0.1, 0.15) is 37.3 Å². The topological polar surface area (TPSA) is 58.5 Å². The Bertz CT molecular complexity index is 453. The first-order chi connectivity index (χ1) is 8.43. The lowest BCUT2D eigenvalue weighted by molar-refractivity contribution is 0.523. The molecule has 2 N–H and O–H groups in total. The summed E-state index contributed by atoms with van der Waals surface area (Å²) >= 11 is 0. The molecule has 5 heteroatoms. The summed E-state index contributed by atoms with van der Waals surface area (Å²) in [6, 6.07) is 0.629. The highest BCUT2D eigenvalue weighted by Crippen LogP contribution is 2.31. The van der Waals surface area contributed by atoms with E-state index >= 15 is 0 Å². The molecule has 1 aliphatic carbocycles. The normalized spacial score (nSPS) is 16.5. The third kappa shape index (κ3) is 2.18. The van der Waals surface area contributed by atoms with Crippen LogP contribution in [0.25, 0.3) is 0 Å². The Kier molecular flexibility index (Phi) is 2.81. The molecule has 0 saturated heterocycles. The number of imidazole rings is 1. The number of hydrogen-bond donors (Lipinski definition) is 2. The molecule has 0 atom stereocenters. The van der Waals surface area contributed by atoms with Crippen molar-refractivity contribution in [3.63, 3.8) is 0 Å². The molecular weight excluding hydrogens is 214 g/mol. The second-order valence-electron chi connectivity index (χ2n) is 4.56. The van der Waals surface area contributed by atoms with Crippen LogP contribution < -0.4 is 5.32 Å². The zero-order valence-corrected chi connectivity index (χ0v) is 9.76. The average molecular weight is 231 g/mol. The van der Waals surface area contributed by atoms with E-state index in [2.05, 4.69) is 31.3 Å². The van der Waals surface area contributed by atoms with Gasteiger partial charge in [-0.3, -0.25) is 5.10 Å². The molecule has 0 aliphatic heterocycles. The minimum Gasteiger partial charge on any atom is -0.351 e. The molecule has 0 radical (unpaired) electrons. The van der Waals surface area contributed by atoms with Crippen LogP contribution in [0.3, 0.4) is 0 Å². The van der Waals surface area contributed by atoms with Crippen molar-refractivity contribution in [2.45, 2.75) is 38.3 Å². The summed E-state index contributed by atoms with van der Waals surface area (Å²) < 4.78 is 2.27. The van der Waals surface area contributed by atoms with E-state index in [1.165, 1.54) is 25.7 Å². The number of H-pyrrole nitrogens is 1. The second kappa shape index (κ2) is 4.61. The highest BCUT2D eigenvalue weighted by Gasteiger charge is 2.18. The van der Waals surface area contributed by atoms with Gasteiger partial charge in [-0.1, -0.05) is 12.8 Å². The molecule has 5 nitrogen and oxygen atoms in total. The SMILES string of the molecule is c1cn(C2CCCC2)c(NCc2cn[nH]c2)n1. The summed E-state index contributed by atoms with van der Waals surface area (Å²) in [4.78, 5) is 4.38. The Hall–Kier alpha value is -1.78. The van der Waals surface area contributed by atoms with Crippen molar-refractivity contribution in [2.75, 3.05) is 5.32 Å². The van der Waals surface area contributed by atoms with Crippen LogP contribution in [-0.2, 0) is 6.54 Å². The van der Waals surface area contributed by atoms with Gasteiger partial charge in [0.05, 0.1) is 6.20 Å². The molecular formula is C12H17N5. The first-order valence-electron chi connectivity index (χ1n) is 6.18. The van der Waals surface area contributed by atoms with E-state index in [4.69, 9.17) is 0 Å². The molecule has 90 valence electrons. The molecule has 2 aromatic heterocycles. The third-order valence-corrected chi connectivity index (χ3v) is 3.39. The first-order valence-corrected chi connectivity index (χ1v) is 6.18. The predicted molar refractivity (Wildman–Crippen MR) is 65.6 cm³/mol. The quantitative estimate of drug-likeness (QED) is 0.849. The maximum atomic E-state index is 4.38. The lowest BCUT2D eigenvalue weighted by Gasteiger charge is -2.15. The van der Waals surface area contributed by atoms with Gasteiger partial charge in [0.15, 0.2) is 0 Å². The van der Waals surface area contributed by atoms with Crippen molar-refractivity contribution in [3.05, 3.63) is 30.4 Å². The van der Waals surface area contributed by atoms with E-state index in [0.717, 1.165) is 18.1 Å². The van der Waals surface area contributed by atoms with Gasteiger partial charge < -0.3 is 9.88 Å². The van der Waals surface area contributed by atoms with Gasteiger partial charge in [0.25, 0.3) is 0 Å². The first kappa shape index (κ1) is 10.4. The summed E-state index contributed by atoms with van der Waals surface area (Å²) in [6.07, 6.45) is 12.9. The Balaban J connectivity index is 1.68. The molecule has 0 aromatic carbocycles. The van der Waals surface area contributed by atoms with Crippen molar-refractivity contribution in [2.24, 2.45) is 0 Å². The number of nitrogens with one attached hydrogen (secondary N) is 2. The van der Waals surface area contributed by atoms with Crippen LogP contribution >= 0.6 is 0 Å². The van der Waals surface area contributed by atoms with E-state index in [1.54, 1.807) is 0 Å². The summed E-state index contributed by atoms with van der Waals surface area (Å²) in [5.41, 5.74) is 1.14. The molecule has 0 spiro atoms. The number of aromatic nitrogens is 4. The number of hydrogen-bond acceptors (Lipinski definition) is 3. The van der Waals surface area contributed by atoms with Crippen LogP contribution in [0.5, 0.6) is 0 Å². The van der Waals surface area contributed by atoms with E-state index in [9.17, 15) is 0 Å². The van der Waals surface area contributed by atoms with Crippen molar-refractivity contribution < 1.29 is 0 Å². The van der Waals surface area contributed by atoms with Gasteiger partial charge in [-0.15, -0.1) is 0 Å². The number of nitrogens with zero attached hydrogens (tertiary/aromatic N) is 3. The number of anilines is 1. The fraction of sp³-hybridized carbons (Fsp3) is 0.500. The highest BCUT2D eigenvalue weighted by atomic mass is 15.2. The Morgan fingerprint density at radius 2 is 2.29 bits per heavy atom. The minimum absolute atomic E-state index is 0.629. The molecule has 1 aliphatic rings. The molecule has 3 rings (SSSR count). The lowest BCUT2D eigenvalue weighted by Crippen LogP contribution is -2.10. The fourth-order valence-electron chi connectivity index (χ4n) is 2.48. The second-order valence-corrected chi connectivity index (χ2v) is 4.56. The van der Waals surface area contributed by atoms with Gasteiger partial charge in [-0.05, 0) is 12.8 Å². The van der Waals surface area contributed by atoms with Crippen LogP contribution in [0.4, 0.5) is 5.95 Å².